The van der Waals surface area contributed by atoms with E-state index in [1.54, 1.807) is 17.8 Å². The lowest BCUT2D eigenvalue weighted by Crippen LogP contribution is -2.05. The first-order chi connectivity index (χ1) is 9.61. The number of anilines is 1. The van der Waals surface area contributed by atoms with Crippen LogP contribution in [0.1, 0.15) is 17.7 Å². The first-order valence-corrected chi connectivity index (χ1v) is 6.30. The van der Waals surface area contributed by atoms with E-state index in [1.165, 1.54) is 12.1 Å². The van der Waals surface area contributed by atoms with E-state index in [-0.39, 0.29) is 18.8 Å². The standard InChI is InChI=1S/C13H16F2N4O/c1-9-3-4-11(14)13(12(9)15)16-7-10-8-19(18-17-10)5-2-6-20/h3-4,8,16,20H,2,5-7H2,1H3. The molecule has 0 radical (unpaired) electrons. The van der Waals surface area contributed by atoms with E-state index in [2.05, 4.69) is 15.6 Å². The highest BCUT2D eigenvalue weighted by Gasteiger charge is 2.11. The number of halogens is 2. The van der Waals surface area contributed by atoms with Crippen LogP contribution in [0.3, 0.4) is 0 Å². The minimum absolute atomic E-state index is 0.0765. The van der Waals surface area contributed by atoms with Gasteiger partial charge in [-0.05, 0) is 25.0 Å². The third kappa shape index (κ3) is 3.30. The number of hydrogen-bond donors (Lipinski definition) is 2. The average Bonchev–Trinajstić information content (AvgIpc) is 2.89. The molecule has 0 aliphatic heterocycles. The van der Waals surface area contributed by atoms with Crippen LogP contribution < -0.4 is 5.32 Å². The van der Waals surface area contributed by atoms with E-state index >= 15 is 0 Å². The molecule has 20 heavy (non-hydrogen) atoms. The number of rotatable bonds is 6. The summed E-state index contributed by atoms with van der Waals surface area (Å²) in [7, 11) is 0. The third-order valence-electron chi connectivity index (χ3n) is 2.86. The number of nitrogens with zero attached hydrogens (tertiary/aromatic N) is 3. The Morgan fingerprint density at radius 1 is 1.35 bits per heavy atom. The van der Waals surface area contributed by atoms with Gasteiger partial charge in [-0.1, -0.05) is 11.3 Å². The topological polar surface area (TPSA) is 63.0 Å². The van der Waals surface area contributed by atoms with Crippen LogP contribution in [0, 0.1) is 18.6 Å². The zero-order chi connectivity index (χ0) is 14.5. The second-order valence-electron chi connectivity index (χ2n) is 4.46. The van der Waals surface area contributed by atoms with Gasteiger partial charge in [-0.2, -0.15) is 0 Å². The molecule has 0 amide bonds. The molecule has 0 unspecified atom stereocenters. The summed E-state index contributed by atoms with van der Waals surface area (Å²) in [4.78, 5) is 0. The van der Waals surface area contributed by atoms with Gasteiger partial charge in [-0.25, -0.2) is 8.78 Å². The van der Waals surface area contributed by atoms with Gasteiger partial charge < -0.3 is 10.4 Å². The molecule has 1 heterocycles. The highest BCUT2D eigenvalue weighted by molar-refractivity contribution is 5.49. The van der Waals surface area contributed by atoms with Crippen LogP contribution in [0.25, 0.3) is 0 Å². The Morgan fingerprint density at radius 3 is 2.90 bits per heavy atom. The van der Waals surface area contributed by atoms with Crippen LogP contribution >= 0.6 is 0 Å². The van der Waals surface area contributed by atoms with E-state index in [1.807, 2.05) is 0 Å². The summed E-state index contributed by atoms with van der Waals surface area (Å²) in [6, 6.07) is 2.61. The first kappa shape index (κ1) is 14.4. The molecule has 2 aromatic rings. The minimum atomic E-state index is -0.638. The molecule has 0 spiro atoms. The molecule has 2 N–H and O–H groups in total. The Kier molecular flexibility index (Phi) is 4.62. The lowest BCUT2D eigenvalue weighted by Gasteiger charge is -2.08. The van der Waals surface area contributed by atoms with Crippen LogP contribution in [0.5, 0.6) is 0 Å². The number of hydrogen-bond acceptors (Lipinski definition) is 4. The Bertz CT molecular complexity index is 586. The summed E-state index contributed by atoms with van der Waals surface area (Å²) in [6.07, 6.45) is 2.26. The lowest BCUT2D eigenvalue weighted by atomic mass is 10.2. The minimum Gasteiger partial charge on any atom is -0.396 e. The highest BCUT2D eigenvalue weighted by Crippen LogP contribution is 2.21. The second-order valence-corrected chi connectivity index (χ2v) is 4.46. The predicted molar refractivity (Wildman–Crippen MR) is 70.1 cm³/mol. The Hall–Kier alpha value is -2.02. The maximum Gasteiger partial charge on any atom is 0.152 e. The van der Waals surface area contributed by atoms with Gasteiger partial charge >= 0.3 is 0 Å². The van der Waals surface area contributed by atoms with E-state index in [4.69, 9.17) is 5.11 Å². The van der Waals surface area contributed by atoms with Gasteiger partial charge in [-0.15, -0.1) is 5.10 Å². The molecule has 0 saturated heterocycles. The number of nitrogens with one attached hydrogen (secondary N) is 1. The summed E-state index contributed by atoms with van der Waals surface area (Å²) >= 11 is 0. The third-order valence-corrected chi connectivity index (χ3v) is 2.86. The maximum absolute atomic E-state index is 13.8. The molecular formula is C13H16F2N4O. The smallest absolute Gasteiger partial charge is 0.152 e. The fourth-order valence-electron chi connectivity index (χ4n) is 1.76. The largest absolute Gasteiger partial charge is 0.396 e. The number of aliphatic hydroxyl groups excluding tert-OH is 1. The number of aliphatic hydroxyl groups is 1. The zero-order valence-corrected chi connectivity index (χ0v) is 11.1. The molecule has 2 rings (SSSR count). The quantitative estimate of drug-likeness (QED) is 0.849. The number of aromatic nitrogens is 3. The van der Waals surface area contributed by atoms with Gasteiger partial charge in [0, 0.05) is 13.2 Å². The van der Waals surface area contributed by atoms with Crippen molar-refractivity contribution in [2.24, 2.45) is 0 Å². The van der Waals surface area contributed by atoms with Crippen LogP contribution in [-0.2, 0) is 13.1 Å². The summed E-state index contributed by atoms with van der Waals surface area (Å²) in [6.45, 7) is 2.38. The van der Waals surface area contributed by atoms with Crippen molar-refractivity contribution >= 4 is 5.69 Å². The monoisotopic (exact) mass is 282 g/mol. The highest BCUT2D eigenvalue weighted by atomic mass is 19.1. The molecule has 0 saturated carbocycles. The van der Waals surface area contributed by atoms with Gasteiger partial charge in [0.15, 0.2) is 5.82 Å². The van der Waals surface area contributed by atoms with Gasteiger partial charge in [0.1, 0.15) is 17.2 Å². The zero-order valence-electron chi connectivity index (χ0n) is 11.1. The molecule has 7 heteroatoms. The second kappa shape index (κ2) is 6.42. The van der Waals surface area contributed by atoms with Crippen LogP contribution in [-0.4, -0.2) is 26.7 Å². The maximum atomic E-state index is 13.8. The Balaban J connectivity index is 2.02. The van der Waals surface area contributed by atoms with E-state index in [0.717, 1.165) is 0 Å². The summed E-state index contributed by atoms with van der Waals surface area (Å²) in [5, 5.41) is 19.2. The van der Waals surface area contributed by atoms with Crippen LogP contribution in [0.2, 0.25) is 0 Å². The van der Waals surface area contributed by atoms with Gasteiger partial charge in [-0.3, -0.25) is 4.68 Å². The SMILES string of the molecule is Cc1ccc(F)c(NCc2cn(CCCO)nn2)c1F. The van der Waals surface area contributed by atoms with Crippen molar-refractivity contribution in [3.8, 4) is 0 Å². The van der Waals surface area contributed by atoms with E-state index in [9.17, 15) is 8.78 Å². The molecule has 108 valence electrons. The molecule has 0 atom stereocenters. The normalized spacial score (nSPS) is 10.8. The molecule has 0 fully saturated rings. The van der Waals surface area contributed by atoms with E-state index < -0.39 is 11.6 Å². The number of aryl methyl sites for hydroxylation is 2. The van der Waals surface area contributed by atoms with Crippen molar-refractivity contribution in [1.29, 1.82) is 0 Å². The van der Waals surface area contributed by atoms with Crippen molar-refractivity contribution in [3.05, 3.63) is 41.2 Å². The summed E-state index contributed by atoms with van der Waals surface area (Å²) < 4.78 is 28.9. The Morgan fingerprint density at radius 2 is 2.15 bits per heavy atom. The van der Waals surface area contributed by atoms with Crippen molar-refractivity contribution in [1.82, 2.24) is 15.0 Å². The first-order valence-electron chi connectivity index (χ1n) is 6.30. The Labute approximate surface area is 115 Å². The van der Waals surface area contributed by atoms with Gasteiger partial charge in [0.2, 0.25) is 0 Å². The summed E-state index contributed by atoms with van der Waals surface area (Å²) in [5.74, 6) is -1.24. The van der Waals surface area contributed by atoms with Crippen molar-refractivity contribution in [3.63, 3.8) is 0 Å². The summed E-state index contributed by atoms with van der Waals surface area (Å²) in [5.41, 5.74) is 0.790. The van der Waals surface area contributed by atoms with Crippen molar-refractivity contribution < 1.29 is 13.9 Å². The number of benzene rings is 1. The van der Waals surface area contributed by atoms with Gasteiger partial charge in [0.05, 0.1) is 12.7 Å². The van der Waals surface area contributed by atoms with Crippen molar-refractivity contribution in [2.45, 2.75) is 26.4 Å². The predicted octanol–water partition coefficient (Wildman–Crippen LogP) is 1.86. The fourth-order valence-corrected chi connectivity index (χ4v) is 1.76. The van der Waals surface area contributed by atoms with E-state index in [0.29, 0.717) is 24.2 Å². The molecule has 5 nitrogen and oxygen atoms in total. The average molecular weight is 282 g/mol. The van der Waals surface area contributed by atoms with Gasteiger partial charge in [0.25, 0.3) is 0 Å². The van der Waals surface area contributed by atoms with Crippen LogP contribution in [0.15, 0.2) is 18.3 Å². The molecule has 0 bridgehead atoms. The molecular weight excluding hydrogens is 266 g/mol. The van der Waals surface area contributed by atoms with Crippen LogP contribution in [0.4, 0.5) is 14.5 Å². The molecule has 1 aromatic heterocycles. The molecule has 0 aliphatic carbocycles. The fraction of sp³-hybridized carbons (Fsp3) is 0.385. The molecule has 0 aliphatic rings. The lowest BCUT2D eigenvalue weighted by molar-refractivity contribution is 0.276. The molecule has 1 aromatic carbocycles. The van der Waals surface area contributed by atoms with Crippen molar-refractivity contribution in [2.75, 3.05) is 11.9 Å².